The van der Waals surface area contributed by atoms with Gasteiger partial charge in [-0.25, -0.2) is 18.4 Å². The first kappa shape index (κ1) is 18.8. The van der Waals surface area contributed by atoms with Gasteiger partial charge in [0.2, 0.25) is 5.89 Å². The van der Waals surface area contributed by atoms with Crippen LogP contribution < -0.4 is 10.0 Å². The van der Waals surface area contributed by atoms with Crippen molar-refractivity contribution in [3.05, 3.63) is 72.2 Å². The van der Waals surface area contributed by atoms with Gasteiger partial charge in [0.25, 0.3) is 10.0 Å². The van der Waals surface area contributed by atoms with Crippen LogP contribution in [0.25, 0.3) is 16.7 Å². The number of benzene rings is 2. The highest BCUT2D eigenvalue weighted by atomic mass is 32.2. The number of hydrogen-bond donors (Lipinski definition) is 2. The highest BCUT2D eigenvalue weighted by Crippen LogP contribution is 2.22. The molecule has 10 heteroatoms. The van der Waals surface area contributed by atoms with Gasteiger partial charge in [-0.15, -0.1) is 11.3 Å². The first-order chi connectivity index (χ1) is 14.0. The summed E-state index contributed by atoms with van der Waals surface area (Å²) in [6.07, 6.45) is 3.60. The van der Waals surface area contributed by atoms with Crippen molar-refractivity contribution >= 4 is 55.1 Å². The maximum atomic E-state index is 12.3. The number of hydrogen-bond acceptors (Lipinski definition) is 8. The van der Waals surface area contributed by atoms with E-state index in [9.17, 15) is 13.2 Å². The number of aldehydes is 1. The first-order valence-corrected chi connectivity index (χ1v) is 10.7. The van der Waals surface area contributed by atoms with E-state index in [1.165, 1.54) is 35.9 Å². The number of carbonyl (C=O) groups excluding carboxylic acids is 1. The number of rotatable bonds is 7. The SMILES string of the molecule is O=CC(=CNc1ccc(S(=O)(=O)Nc2nccs2)cc1)c1nc2ccccc2o1. The topological polar surface area (TPSA) is 114 Å². The van der Waals surface area contributed by atoms with Crippen molar-refractivity contribution in [1.82, 2.24) is 9.97 Å². The van der Waals surface area contributed by atoms with Crippen molar-refractivity contribution in [3.63, 3.8) is 0 Å². The highest BCUT2D eigenvalue weighted by molar-refractivity contribution is 7.93. The van der Waals surface area contributed by atoms with Crippen LogP contribution in [-0.4, -0.2) is 24.7 Å². The Morgan fingerprint density at radius 3 is 2.59 bits per heavy atom. The second-order valence-corrected chi connectivity index (χ2v) is 8.39. The third kappa shape index (κ3) is 4.18. The lowest BCUT2D eigenvalue weighted by Crippen LogP contribution is -2.12. The van der Waals surface area contributed by atoms with Crippen LogP contribution in [0.4, 0.5) is 10.8 Å². The van der Waals surface area contributed by atoms with E-state index in [2.05, 4.69) is 20.0 Å². The normalized spacial score (nSPS) is 12.1. The minimum Gasteiger partial charge on any atom is -0.436 e. The lowest BCUT2D eigenvalue weighted by Gasteiger charge is -2.06. The Balaban J connectivity index is 1.51. The first-order valence-electron chi connectivity index (χ1n) is 8.35. The minimum absolute atomic E-state index is 0.0943. The Hall–Kier alpha value is -3.50. The number of para-hydroxylation sites is 2. The Labute approximate surface area is 170 Å². The molecule has 0 amide bonds. The minimum atomic E-state index is -3.72. The van der Waals surface area contributed by atoms with Crippen LogP contribution in [0.15, 0.2) is 75.6 Å². The number of aromatic nitrogens is 2. The van der Waals surface area contributed by atoms with Gasteiger partial charge in [0.15, 0.2) is 17.0 Å². The molecule has 2 heterocycles. The molecular formula is C19H14N4O4S2. The van der Waals surface area contributed by atoms with Gasteiger partial charge in [0.05, 0.1) is 10.5 Å². The number of nitrogens with zero attached hydrogens (tertiary/aromatic N) is 2. The lowest BCUT2D eigenvalue weighted by molar-refractivity contribution is -0.103. The summed E-state index contributed by atoms with van der Waals surface area (Å²) in [7, 11) is -3.72. The molecule has 4 rings (SSSR count). The predicted molar refractivity (Wildman–Crippen MR) is 111 cm³/mol. The fraction of sp³-hybridized carbons (Fsp3) is 0. The molecule has 4 aromatic rings. The summed E-state index contributed by atoms with van der Waals surface area (Å²) in [5.41, 5.74) is 2.05. The smallest absolute Gasteiger partial charge is 0.263 e. The fourth-order valence-corrected chi connectivity index (χ4v) is 4.27. The Morgan fingerprint density at radius 1 is 1.10 bits per heavy atom. The number of sulfonamides is 1. The molecular weight excluding hydrogens is 412 g/mol. The van der Waals surface area contributed by atoms with E-state index in [1.807, 2.05) is 12.1 Å². The largest absolute Gasteiger partial charge is 0.436 e. The summed E-state index contributed by atoms with van der Waals surface area (Å²) in [4.78, 5) is 19.7. The summed E-state index contributed by atoms with van der Waals surface area (Å²) in [5, 5.41) is 4.92. The second kappa shape index (κ2) is 7.86. The zero-order valence-electron chi connectivity index (χ0n) is 14.8. The van der Waals surface area contributed by atoms with E-state index in [-0.39, 0.29) is 16.4 Å². The zero-order valence-corrected chi connectivity index (χ0v) is 16.4. The molecule has 0 saturated carbocycles. The van der Waals surface area contributed by atoms with Crippen molar-refractivity contribution in [2.45, 2.75) is 4.90 Å². The lowest BCUT2D eigenvalue weighted by atomic mass is 10.3. The Kier molecular flexibility index (Phi) is 5.10. The van der Waals surface area contributed by atoms with Crippen LogP contribution in [0.2, 0.25) is 0 Å². The van der Waals surface area contributed by atoms with E-state index in [1.54, 1.807) is 29.6 Å². The second-order valence-electron chi connectivity index (χ2n) is 5.82. The number of carbonyl (C=O) groups is 1. The van der Waals surface area contributed by atoms with Crippen LogP contribution in [0.1, 0.15) is 5.89 Å². The van der Waals surface area contributed by atoms with Crippen molar-refractivity contribution in [1.29, 1.82) is 0 Å². The molecule has 2 N–H and O–H groups in total. The molecule has 0 radical (unpaired) electrons. The van der Waals surface area contributed by atoms with Gasteiger partial charge in [-0.3, -0.25) is 9.52 Å². The molecule has 8 nitrogen and oxygen atoms in total. The molecule has 0 bridgehead atoms. The molecule has 2 aromatic carbocycles. The van der Waals surface area contributed by atoms with Crippen LogP contribution in [0.5, 0.6) is 0 Å². The number of anilines is 2. The summed E-state index contributed by atoms with van der Waals surface area (Å²) in [5.74, 6) is 0.195. The van der Waals surface area contributed by atoms with Crippen molar-refractivity contribution in [2.75, 3.05) is 10.0 Å². The number of fused-ring (bicyclic) bond motifs is 1. The summed E-state index contributed by atoms with van der Waals surface area (Å²) in [6, 6.07) is 13.3. The molecule has 0 aliphatic heterocycles. The highest BCUT2D eigenvalue weighted by Gasteiger charge is 2.15. The molecule has 0 unspecified atom stereocenters. The van der Waals surface area contributed by atoms with Gasteiger partial charge in [0.1, 0.15) is 5.52 Å². The fourth-order valence-electron chi connectivity index (χ4n) is 2.48. The zero-order chi connectivity index (χ0) is 20.3. The maximum Gasteiger partial charge on any atom is 0.263 e. The van der Waals surface area contributed by atoms with Crippen LogP contribution >= 0.6 is 11.3 Å². The molecule has 0 saturated heterocycles. The Morgan fingerprint density at radius 2 is 1.90 bits per heavy atom. The standard InChI is InChI=1S/C19H14N4O4S2/c24-12-13(18-22-16-3-1-2-4-17(16)27-18)11-21-14-5-7-15(8-6-14)29(25,26)23-19-20-9-10-28-19/h1-12,21H,(H,20,23). The third-order valence-corrected chi connectivity index (χ3v) is 6.05. The van der Waals surface area contributed by atoms with Gasteiger partial charge in [-0.05, 0) is 36.4 Å². The van der Waals surface area contributed by atoms with Crippen LogP contribution in [-0.2, 0) is 14.8 Å². The number of oxazole rings is 1. The summed E-state index contributed by atoms with van der Waals surface area (Å²) >= 11 is 1.19. The van der Waals surface area contributed by atoms with Crippen molar-refractivity contribution < 1.29 is 17.6 Å². The molecule has 2 aromatic heterocycles. The number of thiazole rings is 1. The number of allylic oxidation sites excluding steroid dienone is 1. The molecule has 0 spiro atoms. The van der Waals surface area contributed by atoms with Gasteiger partial charge in [-0.2, -0.15) is 0 Å². The average molecular weight is 426 g/mol. The van der Waals surface area contributed by atoms with Crippen molar-refractivity contribution in [3.8, 4) is 0 Å². The van der Waals surface area contributed by atoms with E-state index < -0.39 is 10.0 Å². The summed E-state index contributed by atoms with van der Waals surface area (Å²) in [6.45, 7) is 0. The monoisotopic (exact) mass is 426 g/mol. The van der Waals surface area contributed by atoms with E-state index in [4.69, 9.17) is 4.42 Å². The van der Waals surface area contributed by atoms with Gasteiger partial charge >= 0.3 is 0 Å². The maximum absolute atomic E-state index is 12.3. The van der Waals surface area contributed by atoms with Gasteiger partial charge < -0.3 is 9.73 Å². The van der Waals surface area contributed by atoms with Gasteiger partial charge in [-0.1, -0.05) is 12.1 Å². The van der Waals surface area contributed by atoms with E-state index >= 15 is 0 Å². The number of nitrogens with one attached hydrogen (secondary N) is 2. The molecule has 0 aliphatic rings. The van der Waals surface area contributed by atoms with Gasteiger partial charge in [0, 0.05) is 23.5 Å². The quantitative estimate of drug-likeness (QED) is 0.342. The molecule has 146 valence electrons. The average Bonchev–Trinajstić information content (AvgIpc) is 3.38. The third-order valence-electron chi connectivity index (χ3n) is 3.88. The predicted octanol–water partition coefficient (Wildman–Crippen LogP) is 3.74. The Bertz CT molecular complexity index is 1240. The molecule has 0 atom stereocenters. The van der Waals surface area contributed by atoms with Crippen molar-refractivity contribution in [2.24, 2.45) is 0 Å². The van der Waals surface area contributed by atoms with Crippen LogP contribution in [0.3, 0.4) is 0 Å². The molecule has 29 heavy (non-hydrogen) atoms. The summed E-state index contributed by atoms with van der Waals surface area (Å²) < 4.78 is 32.7. The molecule has 0 aliphatic carbocycles. The molecule has 0 fully saturated rings. The van der Waals surface area contributed by atoms with Crippen LogP contribution in [0, 0.1) is 0 Å². The van der Waals surface area contributed by atoms with E-state index in [0.717, 1.165) is 0 Å². The van der Waals surface area contributed by atoms with E-state index in [0.29, 0.717) is 28.2 Å².